The maximum Gasteiger partial charge on any atom is 0.0136 e. The topological polar surface area (TPSA) is 0 Å². The van der Waals surface area contributed by atoms with E-state index in [1.807, 2.05) is 12.1 Å². The summed E-state index contributed by atoms with van der Waals surface area (Å²) in [6.45, 7) is 6.16. The van der Waals surface area contributed by atoms with Crippen LogP contribution in [0.1, 0.15) is 17.0 Å². The van der Waals surface area contributed by atoms with Crippen LogP contribution in [0, 0.1) is 6.92 Å². The molecule has 14 heavy (non-hydrogen) atoms. The monoisotopic (exact) mass is 178 g/mol. The van der Waals surface area contributed by atoms with E-state index < -0.39 is 0 Å². The van der Waals surface area contributed by atoms with Gasteiger partial charge >= 0.3 is 0 Å². The molecule has 0 amide bonds. The second-order valence-corrected chi connectivity index (χ2v) is 3.65. The number of rotatable bonds is 0. The van der Waals surface area contributed by atoms with Crippen molar-refractivity contribution in [2.45, 2.75) is 5.92 Å². The van der Waals surface area contributed by atoms with Crippen molar-refractivity contribution < 1.29 is 0 Å². The summed E-state index contributed by atoms with van der Waals surface area (Å²) in [5.41, 5.74) is 5.06. The van der Waals surface area contributed by atoms with Crippen LogP contribution < -0.4 is 0 Å². The third kappa shape index (κ3) is 0.884. The molecule has 0 aliphatic heterocycles. The molecule has 66 valence electrons. The van der Waals surface area contributed by atoms with Gasteiger partial charge in [0.1, 0.15) is 0 Å². The highest BCUT2D eigenvalue weighted by molar-refractivity contribution is 5.78. The Morgan fingerprint density at radius 3 is 1.64 bits per heavy atom. The first kappa shape index (κ1) is 7.81. The van der Waals surface area contributed by atoms with Gasteiger partial charge in [-0.25, -0.2) is 0 Å². The van der Waals surface area contributed by atoms with Crippen LogP contribution in [-0.2, 0) is 0 Å². The highest BCUT2D eigenvalue weighted by Gasteiger charge is 2.23. The molecule has 0 atom stereocenters. The normalized spacial score (nSPS) is 13.8. The number of benzene rings is 2. The highest BCUT2D eigenvalue weighted by atomic mass is 14.3. The molecule has 0 heterocycles. The number of fused-ring (bicyclic) bond motifs is 3. The van der Waals surface area contributed by atoms with Crippen LogP contribution in [-0.4, -0.2) is 0 Å². The maximum atomic E-state index is 6.16. The Bertz CT molecular complexity index is 437. The predicted molar refractivity (Wildman–Crippen MR) is 58.0 cm³/mol. The minimum Gasteiger partial charge on any atom is -0.0619 e. The molecule has 2 aromatic rings. The van der Waals surface area contributed by atoms with E-state index in [0.717, 1.165) is 0 Å². The molecule has 0 N–H and O–H groups in total. The molecule has 0 heteroatoms. The lowest BCUT2D eigenvalue weighted by Crippen LogP contribution is -1.88. The zero-order valence-electron chi connectivity index (χ0n) is 7.77. The van der Waals surface area contributed by atoms with E-state index in [4.69, 9.17) is 6.92 Å². The first-order chi connectivity index (χ1) is 6.88. The Hall–Kier alpha value is -1.56. The van der Waals surface area contributed by atoms with Gasteiger partial charge in [0, 0.05) is 5.92 Å². The van der Waals surface area contributed by atoms with Crippen LogP contribution in [0.2, 0.25) is 0 Å². The summed E-state index contributed by atoms with van der Waals surface area (Å²) in [5.74, 6) is 0.0578. The van der Waals surface area contributed by atoms with Gasteiger partial charge in [-0.05, 0) is 29.2 Å². The van der Waals surface area contributed by atoms with Crippen molar-refractivity contribution in [2.75, 3.05) is 0 Å². The predicted octanol–water partition coefficient (Wildman–Crippen LogP) is 3.51. The fraction of sp³-hybridized carbons (Fsp3) is 0.0714. The van der Waals surface area contributed by atoms with Crippen LogP contribution >= 0.6 is 0 Å². The minimum absolute atomic E-state index is 0.0578. The molecule has 0 fully saturated rings. The van der Waals surface area contributed by atoms with E-state index in [9.17, 15) is 0 Å². The third-order valence-electron chi connectivity index (χ3n) is 2.88. The molecule has 2 aromatic carbocycles. The molecule has 3 rings (SSSR count). The molecular formula is C14H10. The first-order valence-corrected chi connectivity index (χ1v) is 4.82. The number of hydrogen-bond acceptors (Lipinski definition) is 0. The van der Waals surface area contributed by atoms with Gasteiger partial charge in [-0.1, -0.05) is 48.5 Å². The van der Waals surface area contributed by atoms with Crippen molar-refractivity contribution >= 4 is 0 Å². The van der Waals surface area contributed by atoms with Gasteiger partial charge in [-0.15, -0.1) is 0 Å². The fourth-order valence-corrected chi connectivity index (χ4v) is 2.19. The van der Waals surface area contributed by atoms with Gasteiger partial charge in [0.25, 0.3) is 0 Å². The SMILES string of the molecule is [CH]C1c2ccccc2-c2ccccc21. The third-order valence-corrected chi connectivity index (χ3v) is 2.88. The van der Waals surface area contributed by atoms with Crippen molar-refractivity contribution in [1.82, 2.24) is 0 Å². The van der Waals surface area contributed by atoms with Gasteiger partial charge < -0.3 is 0 Å². The second kappa shape index (κ2) is 2.71. The van der Waals surface area contributed by atoms with Crippen LogP contribution in [0.4, 0.5) is 0 Å². The van der Waals surface area contributed by atoms with Crippen LogP contribution in [0.3, 0.4) is 0 Å². The molecule has 0 saturated heterocycles. The molecule has 0 bridgehead atoms. The summed E-state index contributed by atoms with van der Waals surface area (Å²) < 4.78 is 0. The van der Waals surface area contributed by atoms with E-state index in [-0.39, 0.29) is 5.92 Å². The lowest BCUT2D eigenvalue weighted by Gasteiger charge is -2.03. The Labute approximate surface area is 84.2 Å². The lowest BCUT2D eigenvalue weighted by molar-refractivity contribution is 1.07. The molecule has 1 aliphatic carbocycles. The second-order valence-electron chi connectivity index (χ2n) is 3.65. The Morgan fingerprint density at radius 1 is 0.714 bits per heavy atom. The zero-order chi connectivity index (χ0) is 9.54. The van der Waals surface area contributed by atoms with Crippen molar-refractivity contribution in [3.8, 4) is 11.1 Å². The molecule has 0 aromatic heterocycles. The molecular weight excluding hydrogens is 168 g/mol. The lowest BCUT2D eigenvalue weighted by atomic mass is 10.00. The average molecular weight is 178 g/mol. The Morgan fingerprint density at radius 2 is 1.14 bits per heavy atom. The van der Waals surface area contributed by atoms with E-state index in [1.54, 1.807) is 0 Å². The summed E-state index contributed by atoms with van der Waals surface area (Å²) in [6, 6.07) is 16.7. The average Bonchev–Trinajstić information content (AvgIpc) is 2.55. The van der Waals surface area contributed by atoms with E-state index >= 15 is 0 Å². The van der Waals surface area contributed by atoms with E-state index in [2.05, 4.69) is 36.4 Å². The van der Waals surface area contributed by atoms with Gasteiger partial charge in [0.2, 0.25) is 0 Å². The smallest absolute Gasteiger partial charge is 0.0136 e. The molecule has 1 aliphatic rings. The molecule has 0 nitrogen and oxygen atoms in total. The summed E-state index contributed by atoms with van der Waals surface area (Å²) in [4.78, 5) is 0. The largest absolute Gasteiger partial charge is 0.0619 e. The minimum atomic E-state index is 0.0578. The van der Waals surface area contributed by atoms with Crippen molar-refractivity contribution in [1.29, 1.82) is 0 Å². The molecule has 0 spiro atoms. The van der Waals surface area contributed by atoms with Crippen LogP contribution in [0.15, 0.2) is 48.5 Å². The number of hydrogen-bond donors (Lipinski definition) is 0. The van der Waals surface area contributed by atoms with Crippen molar-refractivity contribution in [2.24, 2.45) is 0 Å². The first-order valence-electron chi connectivity index (χ1n) is 4.82. The molecule has 2 radical (unpaired) electrons. The standard InChI is InChI=1S/C14H10/c1-10-11-6-2-4-8-13(11)14-9-5-3-7-12(10)14/h1-10H. The quantitative estimate of drug-likeness (QED) is 0.579. The summed E-state index contributed by atoms with van der Waals surface area (Å²) in [7, 11) is 0. The fourth-order valence-electron chi connectivity index (χ4n) is 2.19. The van der Waals surface area contributed by atoms with E-state index in [1.165, 1.54) is 22.3 Å². The Balaban J connectivity index is 2.36. The Kier molecular flexibility index (Phi) is 1.51. The summed E-state index contributed by atoms with van der Waals surface area (Å²) >= 11 is 0. The van der Waals surface area contributed by atoms with Gasteiger partial charge in [0.05, 0.1) is 0 Å². The zero-order valence-corrected chi connectivity index (χ0v) is 7.77. The van der Waals surface area contributed by atoms with Crippen molar-refractivity contribution in [3.63, 3.8) is 0 Å². The molecule has 0 unspecified atom stereocenters. The van der Waals surface area contributed by atoms with Gasteiger partial charge in [-0.3, -0.25) is 0 Å². The highest BCUT2D eigenvalue weighted by Crippen LogP contribution is 2.43. The van der Waals surface area contributed by atoms with Crippen LogP contribution in [0.5, 0.6) is 0 Å². The summed E-state index contributed by atoms with van der Waals surface area (Å²) in [6.07, 6.45) is 0. The van der Waals surface area contributed by atoms with Crippen LogP contribution in [0.25, 0.3) is 11.1 Å². The van der Waals surface area contributed by atoms with E-state index in [0.29, 0.717) is 0 Å². The maximum absolute atomic E-state index is 6.16. The van der Waals surface area contributed by atoms with Gasteiger partial charge in [-0.2, -0.15) is 0 Å². The molecule has 0 saturated carbocycles. The summed E-state index contributed by atoms with van der Waals surface area (Å²) in [5, 5.41) is 0. The van der Waals surface area contributed by atoms with Crippen molar-refractivity contribution in [3.05, 3.63) is 66.6 Å². The van der Waals surface area contributed by atoms with Gasteiger partial charge in [0.15, 0.2) is 0 Å².